The fourth-order valence-electron chi connectivity index (χ4n) is 4.44. The molecule has 0 bridgehead atoms. The second-order valence-electron chi connectivity index (χ2n) is 9.18. The number of likely N-dealkylation sites (tertiary alicyclic amines) is 1. The number of hydrogen-bond acceptors (Lipinski definition) is 3. The smallest absolute Gasteiger partial charge is 0.248 e. The Morgan fingerprint density at radius 3 is 2.11 bits per heavy atom. The highest BCUT2D eigenvalue weighted by Crippen LogP contribution is 2.29. The quantitative estimate of drug-likeness (QED) is 0.425. The standard InChI is InChI=1S/C30H29F2N3O3/c31-26-7-4-8-27(32)25(26)19-30(38)35-17-15-23(16-18-35)22-9-11-24(12-10-22)34-29(37)14-13-28(36)33-20-21-5-2-1-3-6-21/h1-14,23H,15-20H2,(H,33,36)(H,34,37)/b14-13+. The van der Waals surface area contributed by atoms with Crippen LogP contribution in [0.15, 0.2) is 84.9 Å². The van der Waals surface area contributed by atoms with Crippen molar-refractivity contribution in [2.75, 3.05) is 18.4 Å². The van der Waals surface area contributed by atoms with E-state index in [1.807, 2.05) is 42.5 Å². The minimum atomic E-state index is -0.706. The number of rotatable bonds is 8. The molecular weight excluding hydrogens is 488 g/mol. The molecule has 1 aliphatic heterocycles. The Hall–Kier alpha value is -4.33. The van der Waals surface area contributed by atoms with E-state index in [1.54, 1.807) is 17.0 Å². The van der Waals surface area contributed by atoms with Crippen molar-refractivity contribution in [3.8, 4) is 0 Å². The largest absolute Gasteiger partial charge is 0.348 e. The predicted octanol–water partition coefficient (Wildman–Crippen LogP) is 4.72. The lowest BCUT2D eigenvalue weighted by molar-refractivity contribution is -0.131. The van der Waals surface area contributed by atoms with Crippen LogP contribution in [0.4, 0.5) is 14.5 Å². The average Bonchev–Trinajstić information content (AvgIpc) is 2.94. The molecule has 2 N–H and O–H groups in total. The van der Waals surface area contributed by atoms with Crippen molar-refractivity contribution >= 4 is 23.4 Å². The van der Waals surface area contributed by atoms with Gasteiger partial charge in [0.2, 0.25) is 17.7 Å². The summed E-state index contributed by atoms with van der Waals surface area (Å²) in [6.07, 6.45) is 3.56. The van der Waals surface area contributed by atoms with Crippen LogP contribution in [-0.4, -0.2) is 35.7 Å². The highest BCUT2D eigenvalue weighted by atomic mass is 19.1. The SMILES string of the molecule is O=C(/C=C/C(=O)Nc1ccc(C2CCN(C(=O)Cc3c(F)cccc3F)CC2)cc1)NCc1ccccc1. The van der Waals surface area contributed by atoms with E-state index in [0.29, 0.717) is 25.3 Å². The molecule has 0 atom stereocenters. The van der Waals surface area contributed by atoms with Gasteiger partial charge in [0, 0.05) is 43.0 Å². The second kappa shape index (κ2) is 12.8. The summed E-state index contributed by atoms with van der Waals surface area (Å²) in [6, 6.07) is 20.5. The van der Waals surface area contributed by atoms with Gasteiger partial charge in [-0.05, 0) is 54.2 Å². The molecule has 0 spiro atoms. The van der Waals surface area contributed by atoms with Crippen LogP contribution in [0, 0.1) is 11.6 Å². The molecule has 3 aromatic rings. The molecule has 0 radical (unpaired) electrons. The molecule has 3 amide bonds. The van der Waals surface area contributed by atoms with Gasteiger partial charge < -0.3 is 15.5 Å². The Balaban J connectivity index is 1.22. The number of hydrogen-bond donors (Lipinski definition) is 2. The Labute approximate surface area is 220 Å². The number of benzene rings is 3. The molecule has 0 unspecified atom stereocenters. The molecule has 1 heterocycles. The van der Waals surface area contributed by atoms with Crippen molar-refractivity contribution in [2.24, 2.45) is 0 Å². The van der Waals surface area contributed by atoms with Crippen molar-refractivity contribution in [3.63, 3.8) is 0 Å². The van der Waals surface area contributed by atoms with E-state index in [4.69, 9.17) is 0 Å². The lowest BCUT2D eigenvalue weighted by atomic mass is 9.89. The minimum absolute atomic E-state index is 0.195. The molecule has 1 fully saturated rings. The number of nitrogens with zero attached hydrogens (tertiary/aromatic N) is 1. The molecule has 4 rings (SSSR count). The van der Waals surface area contributed by atoms with Gasteiger partial charge in [0.15, 0.2) is 0 Å². The van der Waals surface area contributed by atoms with Gasteiger partial charge in [-0.1, -0.05) is 48.5 Å². The summed E-state index contributed by atoms with van der Waals surface area (Å²) in [5, 5.41) is 5.46. The van der Waals surface area contributed by atoms with Gasteiger partial charge in [-0.25, -0.2) is 8.78 Å². The molecule has 1 saturated heterocycles. The van der Waals surface area contributed by atoms with Crippen molar-refractivity contribution in [3.05, 3.63) is 113 Å². The normalized spacial score (nSPS) is 13.9. The van der Waals surface area contributed by atoms with Crippen molar-refractivity contribution < 1.29 is 23.2 Å². The summed E-state index contributed by atoms with van der Waals surface area (Å²) in [6.45, 7) is 1.40. The Morgan fingerprint density at radius 1 is 0.816 bits per heavy atom. The zero-order valence-corrected chi connectivity index (χ0v) is 20.8. The monoisotopic (exact) mass is 517 g/mol. The van der Waals surface area contributed by atoms with E-state index in [2.05, 4.69) is 10.6 Å². The molecule has 1 aliphatic rings. The number of amides is 3. The third kappa shape index (κ3) is 7.35. The summed E-state index contributed by atoms with van der Waals surface area (Å²) < 4.78 is 27.8. The van der Waals surface area contributed by atoms with Crippen LogP contribution < -0.4 is 10.6 Å². The Kier molecular flexibility index (Phi) is 8.98. The second-order valence-corrected chi connectivity index (χ2v) is 9.18. The summed E-state index contributed by atoms with van der Waals surface area (Å²) in [4.78, 5) is 38.4. The molecular formula is C30H29F2N3O3. The number of carbonyl (C=O) groups excluding carboxylic acids is 3. The van der Waals surface area contributed by atoms with E-state index in [9.17, 15) is 23.2 Å². The highest BCUT2D eigenvalue weighted by molar-refractivity contribution is 6.03. The summed E-state index contributed by atoms with van der Waals surface area (Å²) >= 11 is 0. The summed E-state index contributed by atoms with van der Waals surface area (Å²) in [7, 11) is 0. The maximum atomic E-state index is 13.9. The molecule has 8 heteroatoms. The van der Waals surface area contributed by atoms with Gasteiger partial charge in [-0.15, -0.1) is 0 Å². The van der Waals surface area contributed by atoms with Crippen LogP contribution in [0.25, 0.3) is 0 Å². The summed E-state index contributed by atoms with van der Waals surface area (Å²) in [5.74, 6) is -2.23. The van der Waals surface area contributed by atoms with Gasteiger partial charge in [0.1, 0.15) is 11.6 Å². The predicted molar refractivity (Wildman–Crippen MR) is 141 cm³/mol. The van der Waals surface area contributed by atoms with E-state index in [0.717, 1.165) is 36.1 Å². The van der Waals surface area contributed by atoms with Crippen LogP contribution in [0.3, 0.4) is 0 Å². The molecule has 0 aromatic heterocycles. The van der Waals surface area contributed by atoms with Crippen LogP contribution in [0.1, 0.15) is 35.4 Å². The molecule has 0 aliphatic carbocycles. The number of nitrogens with one attached hydrogen (secondary N) is 2. The van der Waals surface area contributed by atoms with Crippen LogP contribution in [0.2, 0.25) is 0 Å². The maximum Gasteiger partial charge on any atom is 0.248 e. The van der Waals surface area contributed by atoms with E-state index >= 15 is 0 Å². The first-order chi connectivity index (χ1) is 18.4. The van der Waals surface area contributed by atoms with Gasteiger partial charge in [-0.3, -0.25) is 14.4 Å². The van der Waals surface area contributed by atoms with E-state index < -0.39 is 17.5 Å². The fourth-order valence-corrected chi connectivity index (χ4v) is 4.44. The maximum absolute atomic E-state index is 13.9. The molecule has 196 valence electrons. The molecule has 0 saturated carbocycles. The van der Waals surface area contributed by atoms with Gasteiger partial charge in [0.25, 0.3) is 0 Å². The van der Waals surface area contributed by atoms with Crippen molar-refractivity contribution in [2.45, 2.75) is 31.7 Å². The number of halogens is 2. The van der Waals surface area contributed by atoms with Gasteiger partial charge >= 0.3 is 0 Å². The average molecular weight is 518 g/mol. The number of carbonyl (C=O) groups is 3. The molecule has 38 heavy (non-hydrogen) atoms. The van der Waals surface area contributed by atoms with Crippen LogP contribution >= 0.6 is 0 Å². The number of piperidine rings is 1. The topological polar surface area (TPSA) is 78.5 Å². The number of anilines is 1. The van der Waals surface area contributed by atoms with Crippen molar-refractivity contribution in [1.29, 1.82) is 0 Å². The third-order valence-corrected chi connectivity index (χ3v) is 6.58. The minimum Gasteiger partial charge on any atom is -0.348 e. The van der Waals surface area contributed by atoms with E-state index in [-0.39, 0.29) is 29.7 Å². The van der Waals surface area contributed by atoms with Gasteiger partial charge in [-0.2, -0.15) is 0 Å². The third-order valence-electron chi connectivity index (χ3n) is 6.58. The highest BCUT2D eigenvalue weighted by Gasteiger charge is 2.25. The lowest BCUT2D eigenvalue weighted by Crippen LogP contribution is -2.39. The Morgan fingerprint density at radius 2 is 1.45 bits per heavy atom. The first-order valence-electron chi connectivity index (χ1n) is 12.5. The summed E-state index contributed by atoms with van der Waals surface area (Å²) in [5.41, 5.74) is 2.47. The van der Waals surface area contributed by atoms with Crippen LogP contribution in [0.5, 0.6) is 0 Å². The Bertz CT molecular complexity index is 1280. The first-order valence-corrected chi connectivity index (χ1v) is 12.5. The first kappa shape index (κ1) is 26.7. The molecule has 3 aromatic carbocycles. The van der Waals surface area contributed by atoms with E-state index in [1.165, 1.54) is 18.2 Å². The fraction of sp³-hybridized carbons (Fsp3) is 0.233. The zero-order chi connectivity index (χ0) is 26.9. The molecule has 6 nitrogen and oxygen atoms in total. The van der Waals surface area contributed by atoms with Crippen molar-refractivity contribution in [1.82, 2.24) is 10.2 Å². The lowest BCUT2D eigenvalue weighted by Gasteiger charge is -2.32. The van der Waals surface area contributed by atoms with Crippen LogP contribution in [-0.2, 0) is 27.3 Å². The van der Waals surface area contributed by atoms with Gasteiger partial charge in [0.05, 0.1) is 6.42 Å². The zero-order valence-electron chi connectivity index (χ0n) is 20.8.